The number of rotatable bonds is 8. The van der Waals surface area contributed by atoms with Crippen LogP contribution >= 0.6 is 0 Å². The van der Waals surface area contributed by atoms with Crippen molar-refractivity contribution >= 4 is 17.6 Å². The summed E-state index contributed by atoms with van der Waals surface area (Å²) >= 11 is 0. The highest BCUT2D eigenvalue weighted by molar-refractivity contribution is 5.89. The Kier molecular flexibility index (Phi) is 6.51. The van der Waals surface area contributed by atoms with E-state index in [2.05, 4.69) is 52.8 Å². The maximum Gasteiger partial charge on any atom is 0.335 e. The zero-order valence-corrected chi connectivity index (χ0v) is 22.5. The van der Waals surface area contributed by atoms with E-state index in [1.807, 2.05) is 28.8 Å². The van der Waals surface area contributed by atoms with Crippen molar-refractivity contribution in [1.82, 2.24) is 29.5 Å². The third kappa shape index (κ3) is 4.57. The summed E-state index contributed by atoms with van der Waals surface area (Å²) in [5, 5.41) is 21.8. The lowest BCUT2D eigenvalue weighted by Gasteiger charge is -2.17. The van der Waals surface area contributed by atoms with Crippen LogP contribution in [0.3, 0.4) is 0 Å². The standard InChI is InChI=1S/C30H29N7O3/c1-4-13-37-17-22(16-32-37)18-5-7-19(8-6-18)28-26-24(35-36(28)2)12-10-21-15-31-30(34-27(21)26)33-23-11-9-20(29(38)39)14-25(23)40-3/h5-9,11,14-17H,4,10,12-13H2,1-3H3,(H,38,39)(H,31,33,34). The Morgan fingerprint density at radius 3 is 2.62 bits per heavy atom. The molecule has 1 aliphatic rings. The molecule has 3 heterocycles. The Hall–Kier alpha value is -4.99. The summed E-state index contributed by atoms with van der Waals surface area (Å²) in [6.45, 7) is 3.04. The molecule has 3 aromatic heterocycles. The van der Waals surface area contributed by atoms with Gasteiger partial charge in [-0.25, -0.2) is 14.8 Å². The molecule has 5 aromatic rings. The molecule has 0 spiro atoms. The number of carboxylic acids is 1. The molecule has 40 heavy (non-hydrogen) atoms. The van der Waals surface area contributed by atoms with Gasteiger partial charge in [-0.2, -0.15) is 10.2 Å². The Morgan fingerprint density at radius 2 is 1.88 bits per heavy atom. The van der Waals surface area contributed by atoms with E-state index in [1.165, 1.54) is 19.2 Å². The van der Waals surface area contributed by atoms with E-state index in [-0.39, 0.29) is 5.56 Å². The highest BCUT2D eigenvalue weighted by atomic mass is 16.5. The second-order valence-corrected chi connectivity index (χ2v) is 9.78. The van der Waals surface area contributed by atoms with E-state index in [0.29, 0.717) is 17.4 Å². The van der Waals surface area contributed by atoms with Gasteiger partial charge in [0.05, 0.1) is 41.6 Å². The Balaban J connectivity index is 1.35. The molecule has 0 atom stereocenters. The zero-order chi connectivity index (χ0) is 27.8. The molecule has 202 valence electrons. The van der Waals surface area contributed by atoms with Crippen molar-refractivity contribution < 1.29 is 14.6 Å². The first-order chi connectivity index (χ1) is 19.4. The Bertz CT molecular complexity index is 1720. The molecule has 0 bridgehead atoms. The number of aryl methyl sites for hydroxylation is 4. The van der Waals surface area contributed by atoms with E-state index in [0.717, 1.165) is 70.7 Å². The Morgan fingerprint density at radius 1 is 1.07 bits per heavy atom. The van der Waals surface area contributed by atoms with Crippen molar-refractivity contribution in [2.45, 2.75) is 32.7 Å². The number of carboxylic acid groups (broad SMARTS) is 1. The lowest BCUT2D eigenvalue weighted by Crippen LogP contribution is -2.09. The molecule has 10 heteroatoms. The third-order valence-corrected chi connectivity index (χ3v) is 7.12. The van der Waals surface area contributed by atoms with Gasteiger partial charge >= 0.3 is 5.97 Å². The predicted molar refractivity (Wildman–Crippen MR) is 152 cm³/mol. The maximum atomic E-state index is 11.4. The summed E-state index contributed by atoms with van der Waals surface area (Å²) in [7, 11) is 3.46. The number of anilines is 2. The number of ether oxygens (including phenoxy) is 1. The normalized spacial score (nSPS) is 12.1. The predicted octanol–water partition coefficient (Wildman–Crippen LogP) is 5.37. The van der Waals surface area contributed by atoms with Gasteiger partial charge in [-0.3, -0.25) is 9.36 Å². The number of aromatic nitrogens is 6. The van der Waals surface area contributed by atoms with E-state index < -0.39 is 5.97 Å². The van der Waals surface area contributed by atoms with Crippen molar-refractivity contribution in [3.05, 3.63) is 77.9 Å². The minimum absolute atomic E-state index is 0.138. The number of nitrogens with zero attached hydrogens (tertiary/aromatic N) is 6. The highest BCUT2D eigenvalue weighted by Crippen LogP contribution is 2.40. The SMILES string of the molecule is CCCn1cc(-c2ccc(-c3c4c(nn3C)CCc3cnc(Nc5ccc(C(=O)O)cc5OC)nc3-4)cc2)cn1. The first kappa shape index (κ1) is 25.3. The van der Waals surface area contributed by atoms with E-state index >= 15 is 0 Å². The van der Waals surface area contributed by atoms with Gasteiger partial charge in [0.25, 0.3) is 0 Å². The molecule has 0 saturated heterocycles. The van der Waals surface area contributed by atoms with Gasteiger partial charge in [-0.1, -0.05) is 31.2 Å². The molecule has 0 radical (unpaired) electrons. The van der Waals surface area contributed by atoms with Crippen LogP contribution in [0.2, 0.25) is 0 Å². The first-order valence-corrected chi connectivity index (χ1v) is 13.2. The monoisotopic (exact) mass is 535 g/mol. The van der Waals surface area contributed by atoms with E-state index in [9.17, 15) is 9.90 Å². The average Bonchev–Trinajstić information content (AvgIpc) is 3.57. The molecule has 0 fully saturated rings. The second kappa shape index (κ2) is 10.3. The van der Waals surface area contributed by atoms with Gasteiger partial charge in [0, 0.05) is 42.7 Å². The lowest BCUT2D eigenvalue weighted by molar-refractivity contribution is 0.0696. The topological polar surface area (TPSA) is 120 Å². The molecule has 10 nitrogen and oxygen atoms in total. The minimum atomic E-state index is -1.02. The lowest BCUT2D eigenvalue weighted by atomic mass is 9.91. The molecule has 0 saturated carbocycles. The summed E-state index contributed by atoms with van der Waals surface area (Å²) in [5.41, 5.74) is 8.87. The van der Waals surface area contributed by atoms with Gasteiger partial charge in [0.1, 0.15) is 5.75 Å². The van der Waals surface area contributed by atoms with Crippen molar-refractivity contribution in [1.29, 1.82) is 0 Å². The molecule has 2 N–H and O–H groups in total. The van der Waals surface area contributed by atoms with Crippen LogP contribution in [-0.2, 0) is 26.4 Å². The van der Waals surface area contributed by atoms with Gasteiger partial charge in [0.15, 0.2) is 0 Å². The number of carbonyl (C=O) groups is 1. The smallest absolute Gasteiger partial charge is 0.335 e. The zero-order valence-electron chi connectivity index (χ0n) is 22.5. The largest absolute Gasteiger partial charge is 0.495 e. The van der Waals surface area contributed by atoms with Crippen LogP contribution < -0.4 is 10.1 Å². The average molecular weight is 536 g/mol. The molecular weight excluding hydrogens is 506 g/mol. The summed E-state index contributed by atoms with van der Waals surface area (Å²) in [4.78, 5) is 20.8. The van der Waals surface area contributed by atoms with Crippen molar-refractivity contribution in [2.75, 3.05) is 12.4 Å². The fraction of sp³-hybridized carbons (Fsp3) is 0.233. The molecule has 0 aliphatic heterocycles. The Labute approximate surface area is 231 Å². The summed E-state index contributed by atoms with van der Waals surface area (Å²) in [5.74, 6) is -0.238. The van der Waals surface area contributed by atoms with Gasteiger partial charge in [-0.15, -0.1) is 0 Å². The van der Waals surface area contributed by atoms with E-state index in [4.69, 9.17) is 14.8 Å². The van der Waals surface area contributed by atoms with Crippen LogP contribution in [0.4, 0.5) is 11.6 Å². The molecule has 1 aliphatic carbocycles. The summed E-state index contributed by atoms with van der Waals surface area (Å²) < 4.78 is 9.31. The molecular formula is C30H29N7O3. The fourth-order valence-corrected chi connectivity index (χ4v) is 5.19. The minimum Gasteiger partial charge on any atom is -0.495 e. The third-order valence-electron chi connectivity index (χ3n) is 7.12. The number of nitrogens with one attached hydrogen (secondary N) is 1. The number of methoxy groups -OCH3 is 1. The van der Waals surface area contributed by atoms with Crippen molar-refractivity contribution in [3.8, 4) is 39.4 Å². The number of aromatic carboxylic acids is 1. The van der Waals surface area contributed by atoms with Crippen molar-refractivity contribution in [2.24, 2.45) is 7.05 Å². The number of hydrogen-bond donors (Lipinski definition) is 2. The highest BCUT2D eigenvalue weighted by Gasteiger charge is 2.27. The molecule has 2 aromatic carbocycles. The van der Waals surface area contributed by atoms with E-state index in [1.54, 1.807) is 6.07 Å². The quantitative estimate of drug-likeness (QED) is 0.272. The van der Waals surface area contributed by atoms with Gasteiger partial charge < -0.3 is 15.2 Å². The molecule has 6 rings (SSSR count). The second-order valence-electron chi connectivity index (χ2n) is 9.78. The van der Waals surface area contributed by atoms with Gasteiger partial charge in [-0.05, 0) is 48.6 Å². The summed E-state index contributed by atoms with van der Waals surface area (Å²) in [6.07, 6.45) is 8.48. The van der Waals surface area contributed by atoms with Crippen LogP contribution in [0.25, 0.3) is 33.6 Å². The number of hydrogen-bond acceptors (Lipinski definition) is 7. The fourth-order valence-electron chi connectivity index (χ4n) is 5.19. The number of benzene rings is 2. The van der Waals surface area contributed by atoms with Crippen LogP contribution in [0.1, 0.15) is 35.0 Å². The van der Waals surface area contributed by atoms with Crippen LogP contribution in [0.15, 0.2) is 61.1 Å². The van der Waals surface area contributed by atoms with Gasteiger partial charge in [0.2, 0.25) is 5.95 Å². The number of fused-ring (bicyclic) bond motifs is 3. The van der Waals surface area contributed by atoms with Crippen LogP contribution in [0, 0.1) is 0 Å². The maximum absolute atomic E-state index is 11.4. The molecule has 0 amide bonds. The van der Waals surface area contributed by atoms with Crippen LogP contribution in [0.5, 0.6) is 5.75 Å². The first-order valence-electron chi connectivity index (χ1n) is 13.2. The summed E-state index contributed by atoms with van der Waals surface area (Å²) in [6, 6.07) is 13.1. The van der Waals surface area contributed by atoms with Crippen molar-refractivity contribution in [3.63, 3.8) is 0 Å². The van der Waals surface area contributed by atoms with Crippen LogP contribution in [-0.4, -0.2) is 47.7 Å². The molecule has 0 unspecified atom stereocenters.